The van der Waals surface area contributed by atoms with Gasteiger partial charge in [0.1, 0.15) is 0 Å². The SMILES string of the molecule is C1=CCCC(c2cccc(-c3ccc4c5cc6c(cc5n5c7c(c3c45)=CCCC=7)C3=CC=C(C4=CC=CC(c5ccccc5)C4)C4c5ccccc5N6C34)c2)=C1. The molecule has 13 rings (SSSR count). The zero-order valence-electron chi connectivity index (χ0n) is 31.3. The third-order valence-electron chi connectivity index (χ3n) is 13.7. The molecule has 0 amide bonds. The van der Waals surface area contributed by atoms with Gasteiger partial charge in [0.2, 0.25) is 0 Å². The molecule has 266 valence electrons. The van der Waals surface area contributed by atoms with Gasteiger partial charge in [-0.2, -0.15) is 0 Å². The number of allylic oxidation sites excluding steroid dienone is 10. The minimum atomic E-state index is 0.259. The molecule has 2 heteroatoms. The van der Waals surface area contributed by atoms with Crippen molar-refractivity contribution in [1.82, 2.24) is 4.40 Å². The van der Waals surface area contributed by atoms with Crippen LogP contribution in [0.2, 0.25) is 0 Å². The number of anilines is 2. The Morgan fingerprint density at radius 1 is 0.607 bits per heavy atom. The Morgan fingerprint density at radius 3 is 2.39 bits per heavy atom. The fourth-order valence-electron chi connectivity index (χ4n) is 11.3. The zero-order chi connectivity index (χ0) is 36.5. The van der Waals surface area contributed by atoms with Crippen molar-refractivity contribution in [3.05, 3.63) is 196 Å². The molecule has 4 heterocycles. The summed E-state index contributed by atoms with van der Waals surface area (Å²) in [4.78, 5) is 2.69. The van der Waals surface area contributed by atoms with E-state index >= 15 is 0 Å². The molecular formula is C54H40N2. The van der Waals surface area contributed by atoms with E-state index in [0.29, 0.717) is 11.8 Å². The van der Waals surface area contributed by atoms with Crippen LogP contribution >= 0.6 is 0 Å². The Balaban J connectivity index is 1.01. The summed E-state index contributed by atoms with van der Waals surface area (Å²) >= 11 is 0. The molecule has 2 aromatic heterocycles. The minimum absolute atomic E-state index is 0.259. The van der Waals surface area contributed by atoms with Crippen molar-refractivity contribution in [2.24, 2.45) is 0 Å². The lowest BCUT2D eigenvalue weighted by molar-refractivity contribution is 0.720. The van der Waals surface area contributed by atoms with Crippen molar-refractivity contribution in [3.8, 4) is 11.1 Å². The van der Waals surface area contributed by atoms with Crippen molar-refractivity contribution < 1.29 is 0 Å². The molecule has 2 aliphatic heterocycles. The summed E-state index contributed by atoms with van der Waals surface area (Å²) in [6, 6.07) is 39.7. The van der Waals surface area contributed by atoms with E-state index in [9.17, 15) is 0 Å². The lowest BCUT2D eigenvalue weighted by Gasteiger charge is -2.31. The van der Waals surface area contributed by atoms with E-state index < -0.39 is 0 Å². The Bertz CT molecular complexity index is 3180. The van der Waals surface area contributed by atoms with Gasteiger partial charge in [0, 0.05) is 49.8 Å². The first kappa shape index (κ1) is 30.9. The van der Waals surface area contributed by atoms with Crippen LogP contribution in [0, 0.1) is 0 Å². The molecular weight excluding hydrogens is 677 g/mol. The number of hydrogen-bond donors (Lipinski definition) is 0. The van der Waals surface area contributed by atoms with Gasteiger partial charge in [0.05, 0.1) is 22.8 Å². The van der Waals surface area contributed by atoms with Crippen LogP contribution in [0.15, 0.2) is 163 Å². The van der Waals surface area contributed by atoms with Gasteiger partial charge in [-0.05, 0) is 106 Å². The maximum absolute atomic E-state index is 2.69. The molecule has 4 aliphatic carbocycles. The molecule has 0 saturated heterocycles. The molecule has 3 atom stereocenters. The summed E-state index contributed by atoms with van der Waals surface area (Å²) in [7, 11) is 0. The van der Waals surface area contributed by atoms with Crippen LogP contribution in [0.3, 0.4) is 0 Å². The van der Waals surface area contributed by atoms with Gasteiger partial charge < -0.3 is 9.30 Å². The fourth-order valence-corrected chi connectivity index (χ4v) is 11.3. The van der Waals surface area contributed by atoms with Crippen LogP contribution in [-0.2, 0) is 0 Å². The van der Waals surface area contributed by atoms with E-state index in [2.05, 4.69) is 173 Å². The Labute approximate surface area is 326 Å². The first-order chi connectivity index (χ1) is 27.8. The summed E-state index contributed by atoms with van der Waals surface area (Å²) in [5.41, 5.74) is 19.4. The molecule has 56 heavy (non-hydrogen) atoms. The van der Waals surface area contributed by atoms with Gasteiger partial charge in [-0.3, -0.25) is 0 Å². The summed E-state index contributed by atoms with van der Waals surface area (Å²) in [5.74, 6) is 0.691. The van der Waals surface area contributed by atoms with E-state index in [4.69, 9.17) is 0 Å². The molecule has 0 saturated carbocycles. The number of nitrogens with zero attached hydrogens (tertiary/aromatic N) is 2. The maximum Gasteiger partial charge on any atom is 0.0708 e. The van der Waals surface area contributed by atoms with Crippen LogP contribution in [0.5, 0.6) is 0 Å². The smallest absolute Gasteiger partial charge is 0.0708 e. The fraction of sp³-hybridized carbons (Fsp3) is 0.148. The quantitative estimate of drug-likeness (QED) is 0.176. The monoisotopic (exact) mass is 716 g/mol. The van der Waals surface area contributed by atoms with Crippen LogP contribution in [0.25, 0.3) is 61.6 Å². The minimum Gasteiger partial charge on any atom is -0.332 e. The zero-order valence-corrected chi connectivity index (χ0v) is 31.3. The van der Waals surface area contributed by atoms with Gasteiger partial charge in [0.25, 0.3) is 0 Å². The molecule has 3 unspecified atom stereocenters. The lowest BCUT2D eigenvalue weighted by Crippen LogP contribution is -2.29. The molecule has 0 bridgehead atoms. The van der Waals surface area contributed by atoms with Gasteiger partial charge in [0.15, 0.2) is 0 Å². The first-order valence-electron chi connectivity index (χ1n) is 20.6. The molecule has 7 aromatic rings. The lowest BCUT2D eigenvalue weighted by atomic mass is 9.74. The normalized spacial score (nSPS) is 21.6. The number of fused-ring (bicyclic) bond motifs is 12. The van der Waals surface area contributed by atoms with Crippen LogP contribution in [0.1, 0.15) is 66.2 Å². The number of para-hydroxylation sites is 1. The van der Waals surface area contributed by atoms with E-state index in [1.54, 1.807) is 0 Å². The second-order valence-electron chi connectivity index (χ2n) is 16.5. The highest BCUT2D eigenvalue weighted by molar-refractivity contribution is 6.20. The third kappa shape index (κ3) is 4.17. The van der Waals surface area contributed by atoms with Crippen molar-refractivity contribution in [1.29, 1.82) is 0 Å². The van der Waals surface area contributed by atoms with Crippen molar-refractivity contribution in [3.63, 3.8) is 0 Å². The average Bonchev–Trinajstić information content (AvgIpc) is 4.00. The van der Waals surface area contributed by atoms with E-state index in [-0.39, 0.29) is 6.04 Å². The molecule has 0 fully saturated rings. The number of benzene rings is 5. The Hall–Kier alpha value is -6.38. The standard InChI is InChI=1S/C54H40N2/c1-3-13-33(14-4-1)35-17-11-19-37(29-35)39-25-27-41-45-31-50-46(32-49(45)55-47-23-9-7-21-43(47)51(39)53(41)55)42-28-26-40(52-44-22-8-10-24-48(44)56(50)54(42)52)38-20-12-18-36(30-38)34-15-5-2-6-16-34/h1-5,7,9,11-15,17-28,30-32,35,51,53H,6,8,10,16,29H2. The second-order valence-corrected chi connectivity index (χ2v) is 16.5. The predicted octanol–water partition coefficient (Wildman–Crippen LogP) is 12.0. The van der Waals surface area contributed by atoms with Gasteiger partial charge in [-0.15, -0.1) is 0 Å². The molecule has 2 nitrogen and oxygen atoms in total. The number of rotatable bonds is 4. The highest BCUT2D eigenvalue weighted by Crippen LogP contribution is 2.61. The van der Waals surface area contributed by atoms with Crippen molar-refractivity contribution >= 4 is 61.9 Å². The first-order valence-corrected chi connectivity index (χ1v) is 20.6. The molecule has 6 aliphatic rings. The van der Waals surface area contributed by atoms with Gasteiger partial charge >= 0.3 is 0 Å². The van der Waals surface area contributed by atoms with Crippen LogP contribution in [-0.4, -0.2) is 10.4 Å². The van der Waals surface area contributed by atoms with Crippen molar-refractivity contribution in [2.45, 2.75) is 50.0 Å². The van der Waals surface area contributed by atoms with E-state index in [0.717, 1.165) is 32.1 Å². The van der Waals surface area contributed by atoms with E-state index in [1.807, 2.05) is 0 Å². The van der Waals surface area contributed by atoms with Gasteiger partial charge in [-0.1, -0.05) is 140 Å². The largest absolute Gasteiger partial charge is 0.332 e. The average molecular weight is 717 g/mol. The Kier molecular flexibility index (Phi) is 6.38. The summed E-state index contributed by atoms with van der Waals surface area (Å²) in [6.45, 7) is 0. The third-order valence-corrected chi connectivity index (χ3v) is 13.7. The highest BCUT2D eigenvalue weighted by Gasteiger charge is 2.50. The van der Waals surface area contributed by atoms with Gasteiger partial charge in [-0.25, -0.2) is 0 Å². The summed E-state index contributed by atoms with van der Waals surface area (Å²) in [5, 5.41) is 6.87. The Morgan fingerprint density at radius 2 is 1.46 bits per heavy atom. The van der Waals surface area contributed by atoms with Crippen molar-refractivity contribution in [2.75, 3.05) is 4.90 Å². The topological polar surface area (TPSA) is 7.65 Å². The number of hydrogen-bond acceptors (Lipinski definition) is 1. The molecule has 0 radical (unpaired) electrons. The van der Waals surface area contributed by atoms with E-state index in [1.165, 1.54) is 105 Å². The maximum atomic E-state index is 2.69. The highest BCUT2D eigenvalue weighted by atomic mass is 15.2. The summed E-state index contributed by atoms with van der Waals surface area (Å²) < 4.78 is 2.62. The second kappa shape index (κ2) is 11.6. The number of aromatic nitrogens is 1. The molecule has 5 aromatic carbocycles. The van der Waals surface area contributed by atoms with Crippen LogP contribution < -0.4 is 15.5 Å². The van der Waals surface area contributed by atoms with Crippen LogP contribution in [0.4, 0.5) is 11.4 Å². The predicted molar refractivity (Wildman–Crippen MR) is 235 cm³/mol. The molecule has 0 N–H and O–H groups in total. The summed E-state index contributed by atoms with van der Waals surface area (Å²) in [6.07, 6.45) is 29.2. The molecule has 0 spiro atoms.